The van der Waals surface area contributed by atoms with Crippen LogP contribution >= 0.6 is 11.5 Å². The fourth-order valence-electron chi connectivity index (χ4n) is 8.62. The van der Waals surface area contributed by atoms with Crippen molar-refractivity contribution in [3.05, 3.63) is 24.3 Å². The van der Waals surface area contributed by atoms with Crippen molar-refractivity contribution < 1.29 is 19.8 Å². The maximum atomic E-state index is 13.5. The summed E-state index contributed by atoms with van der Waals surface area (Å²) in [5.74, 6) is 0.862. The van der Waals surface area contributed by atoms with Crippen LogP contribution in [-0.2, 0) is 9.59 Å². The first kappa shape index (κ1) is 24.9. The molecular formula is C29H38N4O4S. The lowest BCUT2D eigenvalue weighted by Crippen LogP contribution is -2.50. The summed E-state index contributed by atoms with van der Waals surface area (Å²) >= 11 is 1.57. The monoisotopic (exact) mass is 538 g/mol. The van der Waals surface area contributed by atoms with Gasteiger partial charge < -0.3 is 15.1 Å². The first-order chi connectivity index (χ1) is 18.5. The summed E-state index contributed by atoms with van der Waals surface area (Å²) in [5.41, 5.74) is -1.20. The Morgan fingerprint density at radius 3 is 2.45 bits per heavy atom. The fraction of sp³-hybridized carbons (Fsp3) is 0.690. The third kappa shape index (κ3) is 3.92. The molecule has 3 heterocycles. The molecule has 2 aromatic rings. The van der Waals surface area contributed by atoms with Gasteiger partial charge in [-0.05, 0) is 67.1 Å². The number of hydrogen-bond donors (Lipinski definition) is 2. The highest BCUT2D eigenvalue weighted by atomic mass is 32.1. The number of nitrogens with zero attached hydrogens (tertiary/aromatic N) is 4. The van der Waals surface area contributed by atoms with E-state index in [1.165, 1.54) is 16.5 Å². The first-order valence-corrected chi connectivity index (χ1v) is 15.2. The number of amides is 2. The van der Waals surface area contributed by atoms with Crippen molar-refractivity contribution >= 4 is 39.3 Å². The Kier molecular flexibility index (Phi) is 6.26. The van der Waals surface area contributed by atoms with E-state index in [1.54, 1.807) is 16.4 Å². The van der Waals surface area contributed by atoms with Gasteiger partial charge in [0.15, 0.2) is 0 Å². The van der Waals surface area contributed by atoms with Gasteiger partial charge in [-0.2, -0.15) is 4.37 Å². The Balaban J connectivity index is 0.991. The molecule has 5 aliphatic rings. The van der Waals surface area contributed by atoms with Crippen LogP contribution in [0.25, 0.3) is 10.1 Å². The molecule has 7 rings (SSSR count). The van der Waals surface area contributed by atoms with Crippen LogP contribution < -0.4 is 4.90 Å². The van der Waals surface area contributed by atoms with Crippen molar-refractivity contribution in [1.82, 2.24) is 14.2 Å². The van der Waals surface area contributed by atoms with Gasteiger partial charge in [0.1, 0.15) is 5.82 Å². The van der Waals surface area contributed by atoms with Crippen LogP contribution in [0, 0.1) is 35.5 Å². The summed E-state index contributed by atoms with van der Waals surface area (Å²) in [4.78, 5) is 33.5. The number of aliphatic hydroxyl groups is 2. The molecule has 8 nitrogen and oxygen atoms in total. The van der Waals surface area contributed by atoms with E-state index in [0.29, 0.717) is 31.2 Å². The molecule has 2 amide bonds. The number of benzene rings is 1. The number of rotatable bonds is 6. The molecule has 38 heavy (non-hydrogen) atoms. The maximum absolute atomic E-state index is 13.5. The number of aliphatic hydroxyl groups excluding tert-OH is 1. The number of aromatic nitrogens is 1. The number of imide groups is 1. The van der Waals surface area contributed by atoms with Gasteiger partial charge in [0.2, 0.25) is 11.8 Å². The zero-order valence-electron chi connectivity index (χ0n) is 21.9. The topological polar surface area (TPSA) is 97.2 Å². The molecule has 0 radical (unpaired) electrons. The molecule has 3 aliphatic carbocycles. The predicted molar refractivity (Wildman–Crippen MR) is 146 cm³/mol. The minimum Gasteiger partial charge on any atom is -0.393 e. The standard InChI is InChI=1S/C29H38N4O4S/c34-17-29(37)14-20-13-22(29)25-24(20)27(35)33(28(25)36)16-19-6-2-1-5-18(19)15-31-9-11-32(12-10-31)26-21-7-3-4-8-23(21)38-30-26/h3-4,7-8,18-20,22,24-25,34,37H,1-2,5-6,9-17H2/t18-,19-,20+,22-,24-,25+,29?/m0/s1. The molecule has 2 aliphatic heterocycles. The number of hydrogen-bond acceptors (Lipinski definition) is 8. The maximum Gasteiger partial charge on any atom is 0.233 e. The van der Waals surface area contributed by atoms with Crippen molar-refractivity contribution in [2.24, 2.45) is 35.5 Å². The number of piperazine rings is 1. The minimum absolute atomic E-state index is 0.0130. The summed E-state index contributed by atoms with van der Waals surface area (Å²) in [6, 6.07) is 8.45. The lowest BCUT2D eigenvalue weighted by Gasteiger charge is -2.40. The van der Waals surface area contributed by atoms with E-state index in [4.69, 9.17) is 4.37 Å². The molecule has 2 saturated heterocycles. The number of carbonyl (C=O) groups excluding carboxylic acids is 2. The Labute approximate surface area is 227 Å². The molecule has 204 valence electrons. The van der Waals surface area contributed by atoms with Gasteiger partial charge in [-0.3, -0.25) is 19.4 Å². The van der Waals surface area contributed by atoms with Crippen molar-refractivity contribution in [3.8, 4) is 0 Å². The molecule has 0 spiro atoms. The fourth-order valence-corrected chi connectivity index (χ4v) is 9.41. The Morgan fingerprint density at radius 1 is 0.974 bits per heavy atom. The van der Waals surface area contributed by atoms with E-state index in [0.717, 1.165) is 57.8 Å². The Hall–Kier alpha value is -2.07. The second kappa shape index (κ2) is 9.54. The molecule has 1 unspecified atom stereocenters. The SMILES string of the molecule is O=C1[C@H]2[C@@H]3C[C@@H]([C@H]2C(=O)N1C[C@@H]1CCCC[C@H]1CN1CCN(c2nsc4ccccc24)CC1)C(O)(CO)C3. The first-order valence-electron chi connectivity index (χ1n) is 14.5. The number of carbonyl (C=O) groups is 2. The highest BCUT2D eigenvalue weighted by molar-refractivity contribution is 7.13. The van der Waals surface area contributed by atoms with E-state index in [-0.39, 0.29) is 36.2 Å². The van der Waals surface area contributed by atoms with Gasteiger partial charge in [-0.25, -0.2) is 0 Å². The lowest BCUT2D eigenvalue weighted by atomic mass is 9.73. The number of likely N-dealkylation sites (tertiary alicyclic amines) is 1. The van der Waals surface area contributed by atoms with Crippen LogP contribution in [0.4, 0.5) is 5.82 Å². The third-order valence-corrected chi connectivity index (χ3v) is 11.4. The van der Waals surface area contributed by atoms with Crippen LogP contribution in [0.3, 0.4) is 0 Å². The quantitative estimate of drug-likeness (QED) is 0.546. The minimum atomic E-state index is -1.20. The molecule has 7 atom stereocenters. The smallest absolute Gasteiger partial charge is 0.233 e. The van der Waals surface area contributed by atoms with Crippen LogP contribution in [0.2, 0.25) is 0 Å². The van der Waals surface area contributed by atoms with E-state index in [2.05, 4.69) is 34.1 Å². The Morgan fingerprint density at radius 2 is 1.68 bits per heavy atom. The number of fused-ring (bicyclic) bond motifs is 6. The van der Waals surface area contributed by atoms with Gasteiger partial charge in [0.25, 0.3) is 0 Å². The number of anilines is 1. The molecule has 5 fully saturated rings. The predicted octanol–water partition coefficient (Wildman–Crippen LogP) is 2.59. The van der Waals surface area contributed by atoms with Gasteiger partial charge in [0.05, 0.1) is 28.7 Å². The van der Waals surface area contributed by atoms with Crippen LogP contribution in [-0.4, -0.2) is 87.7 Å². The second-order valence-electron chi connectivity index (χ2n) is 12.5. The van der Waals surface area contributed by atoms with Crippen molar-refractivity contribution in [2.45, 2.75) is 44.1 Å². The normalized spacial score (nSPS) is 37.5. The molecule has 1 aromatic carbocycles. The summed E-state index contributed by atoms with van der Waals surface area (Å²) in [7, 11) is 0. The van der Waals surface area contributed by atoms with Crippen molar-refractivity contribution in [1.29, 1.82) is 0 Å². The summed E-state index contributed by atoms with van der Waals surface area (Å²) in [6.45, 7) is 5.16. The van der Waals surface area contributed by atoms with E-state index < -0.39 is 11.5 Å². The van der Waals surface area contributed by atoms with Crippen molar-refractivity contribution in [3.63, 3.8) is 0 Å². The summed E-state index contributed by atoms with van der Waals surface area (Å²) in [6.07, 6.45) is 5.72. The molecular weight excluding hydrogens is 500 g/mol. The molecule has 9 heteroatoms. The van der Waals surface area contributed by atoms with Gasteiger partial charge in [-0.15, -0.1) is 0 Å². The summed E-state index contributed by atoms with van der Waals surface area (Å²) < 4.78 is 5.98. The van der Waals surface area contributed by atoms with E-state index in [9.17, 15) is 19.8 Å². The zero-order chi connectivity index (χ0) is 26.0. The largest absolute Gasteiger partial charge is 0.393 e. The van der Waals surface area contributed by atoms with Gasteiger partial charge >= 0.3 is 0 Å². The highest BCUT2D eigenvalue weighted by Crippen LogP contribution is 2.60. The molecule has 1 aromatic heterocycles. The third-order valence-electron chi connectivity index (χ3n) is 10.6. The average molecular weight is 539 g/mol. The lowest BCUT2D eigenvalue weighted by molar-refractivity contribution is -0.143. The van der Waals surface area contributed by atoms with E-state index in [1.807, 2.05) is 0 Å². The van der Waals surface area contributed by atoms with Crippen LogP contribution in [0.15, 0.2) is 24.3 Å². The van der Waals surface area contributed by atoms with Gasteiger partial charge in [0, 0.05) is 50.6 Å². The molecule has 2 N–H and O–H groups in total. The highest BCUT2D eigenvalue weighted by Gasteiger charge is 2.68. The van der Waals surface area contributed by atoms with Gasteiger partial charge in [-0.1, -0.05) is 25.0 Å². The second-order valence-corrected chi connectivity index (χ2v) is 13.3. The average Bonchev–Trinajstić information content (AvgIpc) is 3.68. The van der Waals surface area contributed by atoms with Crippen LogP contribution in [0.1, 0.15) is 38.5 Å². The molecule has 3 saturated carbocycles. The van der Waals surface area contributed by atoms with Crippen LogP contribution in [0.5, 0.6) is 0 Å². The van der Waals surface area contributed by atoms with Crippen molar-refractivity contribution in [2.75, 3.05) is 50.8 Å². The summed E-state index contributed by atoms with van der Waals surface area (Å²) in [5, 5.41) is 21.9. The Bertz CT molecular complexity index is 1230. The molecule has 2 bridgehead atoms. The zero-order valence-corrected chi connectivity index (χ0v) is 22.7. The van der Waals surface area contributed by atoms with E-state index >= 15 is 0 Å².